The van der Waals surface area contributed by atoms with Crippen molar-refractivity contribution in [2.45, 2.75) is 52.2 Å². The fourth-order valence-corrected chi connectivity index (χ4v) is 6.03. The monoisotopic (exact) mass is 381 g/mol. The van der Waals surface area contributed by atoms with Gasteiger partial charge in [0, 0.05) is 44.6 Å². The lowest BCUT2D eigenvalue weighted by molar-refractivity contribution is -0.0219. The average Bonchev–Trinajstić information content (AvgIpc) is 2.64. The molecule has 1 aliphatic heterocycles. The summed E-state index contributed by atoms with van der Waals surface area (Å²) in [5.74, 6) is 0. The van der Waals surface area contributed by atoms with E-state index in [1.807, 2.05) is 13.8 Å². The van der Waals surface area contributed by atoms with Crippen molar-refractivity contribution in [1.82, 2.24) is 0 Å². The molecule has 0 spiro atoms. The van der Waals surface area contributed by atoms with Crippen molar-refractivity contribution in [3.63, 3.8) is 0 Å². The van der Waals surface area contributed by atoms with Gasteiger partial charge in [-0.15, -0.1) is 0 Å². The van der Waals surface area contributed by atoms with Crippen LogP contribution >= 0.6 is 0 Å². The van der Waals surface area contributed by atoms with Gasteiger partial charge in [0.25, 0.3) is 0 Å². The van der Waals surface area contributed by atoms with Crippen LogP contribution in [0, 0.1) is 0 Å². The molecule has 1 aliphatic rings. The van der Waals surface area contributed by atoms with Crippen LogP contribution in [-0.2, 0) is 18.0 Å². The van der Waals surface area contributed by atoms with E-state index in [9.17, 15) is 0 Å². The molecule has 0 saturated carbocycles. The summed E-state index contributed by atoms with van der Waals surface area (Å²) < 4.78 is 24.5. The molecule has 1 saturated heterocycles. The van der Waals surface area contributed by atoms with Crippen molar-refractivity contribution in [2.75, 3.05) is 44.4 Å². The summed E-state index contributed by atoms with van der Waals surface area (Å²) >= 11 is 0. The number of anilines is 1. The quantitative estimate of drug-likeness (QED) is 0.570. The van der Waals surface area contributed by atoms with E-state index in [-0.39, 0.29) is 6.10 Å². The highest BCUT2D eigenvalue weighted by Gasteiger charge is 2.43. The lowest BCUT2D eigenvalue weighted by Gasteiger charge is -2.37. The molecule has 1 unspecified atom stereocenters. The van der Waals surface area contributed by atoms with Gasteiger partial charge in [0.15, 0.2) is 0 Å². The van der Waals surface area contributed by atoms with Gasteiger partial charge in [-0.2, -0.15) is 0 Å². The van der Waals surface area contributed by atoms with Crippen molar-refractivity contribution in [3.05, 3.63) is 30.3 Å². The number of nitrogens with zero attached hydrogens (tertiary/aromatic N) is 1. The Morgan fingerprint density at radius 2 is 1.85 bits per heavy atom. The van der Waals surface area contributed by atoms with Crippen molar-refractivity contribution in [3.8, 4) is 0 Å². The van der Waals surface area contributed by atoms with Crippen LogP contribution in [0.15, 0.2) is 30.3 Å². The summed E-state index contributed by atoms with van der Waals surface area (Å²) in [7, 11) is -2.63. The molecule has 1 aromatic carbocycles. The molecule has 0 bridgehead atoms. The maximum atomic E-state index is 6.52. The van der Waals surface area contributed by atoms with Gasteiger partial charge in [-0.1, -0.05) is 31.5 Å². The maximum absolute atomic E-state index is 6.52. The van der Waals surface area contributed by atoms with Gasteiger partial charge < -0.3 is 22.9 Å². The fourth-order valence-electron chi connectivity index (χ4n) is 3.30. The first kappa shape index (κ1) is 21.4. The minimum Gasteiger partial charge on any atom is -0.379 e. The molecule has 0 radical (unpaired) electrons. The summed E-state index contributed by atoms with van der Waals surface area (Å²) in [6.07, 6.45) is 3.21. The Labute approximate surface area is 159 Å². The van der Waals surface area contributed by atoms with Crippen LogP contribution in [-0.4, -0.2) is 54.4 Å². The van der Waals surface area contributed by atoms with E-state index in [0.717, 1.165) is 38.6 Å². The molecule has 1 aromatic rings. The summed E-state index contributed by atoms with van der Waals surface area (Å²) in [5.41, 5.74) is 1.23. The predicted octanol–water partition coefficient (Wildman–Crippen LogP) is 4.11. The molecule has 0 aliphatic carbocycles. The second kappa shape index (κ2) is 11.7. The zero-order chi connectivity index (χ0) is 18.7. The molecular weight excluding hydrogens is 346 g/mol. The van der Waals surface area contributed by atoms with Gasteiger partial charge in [0.1, 0.15) is 0 Å². The highest BCUT2D eigenvalue weighted by atomic mass is 28.4. The van der Waals surface area contributed by atoms with Gasteiger partial charge in [-0.3, -0.25) is 0 Å². The second-order valence-electron chi connectivity index (χ2n) is 6.60. The number of ether oxygens (including phenoxy) is 1. The number of hydrogen-bond donors (Lipinski definition) is 0. The first-order valence-electron chi connectivity index (χ1n) is 10.1. The zero-order valence-corrected chi connectivity index (χ0v) is 17.6. The first-order chi connectivity index (χ1) is 12.7. The molecule has 1 fully saturated rings. The smallest absolute Gasteiger partial charge is 0.379 e. The van der Waals surface area contributed by atoms with Crippen LogP contribution in [0.5, 0.6) is 0 Å². The summed E-state index contributed by atoms with van der Waals surface area (Å²) in [5, 5.41) is 0. The molecule has 148 valence electrons. The van der Waals surface area contributed by atoms with Crippen LogP contribution in [0.25, 0.3) is 0 Å². The Hall–Kier alpha value is -0.923. The van der Waals surface area contributed by atoms with Crippen LogP contribution < -0.4 is 4.90 Å². The Morgan fingerprint density at radius 1 is 1.12 bits per heavy atom. The van der Waals surface area contributed by atoms with Crippen molar-refractivity contribution in [2.24, 2.45) is 0 Å². The SMILES string of the molecule is CCCCN(CC1COCCC[Si](OCC)(OCC)O1)c1ccccc1. The number of benzene rings is 1. The van der Waals surface area contributed by atoms with Crippen molar-refractivity contribution < 1.29 is 18.0 Å². The van der Waals surface area contributed by atoms with Crippen LogP contribution in [0.4, 0.5) is 5.69 Å². The minimum absolute atomic E-state index is 0.0443. The summed E-state index contributed by atoms with van der Waals surface area (Å²) in [6, 6.07) is 11.4. The number of para-hydroxylation sites is 1. The third-order valence-corrected chi connectivity index (χ3v) is 7.59. The molecule has 0 aromatic heterocycles. The lowest BCUT2D eigenvalue weighted by Crippen LogP contribution is -2.53. The molecule has 1 atom stereocenters. The zero-order valence-electron chi connectivity index (χ0n) is 16.6. The second-order valence-corrected chi connectivity index (χ2v) is 9.28. The average molecular weight is 382 g/mol. The van der Waals surface area contributed by atoms with E-state index >= 15 is 0 Å². The molecule has 5 nitrogen and oxygen atoms in total. The first-order valence-corrected chi connectivity index (χ1v) is 12.0. The highest BCUT2D eigenvalue weighted by Crippen LogP contribution is 2.24. The van der Waals surface area contributed by atoms with Gasteiger partial charge in [-0.05, 0) is 38.8 Å². The summed E-state index contributed by atoms with van der Waals surface area (Å²) in [6.45, 7) is 10.6. The molecule has 26 heavy (non-hydrogen) atoms. The van der Waals surface area contributed by atoms with Crippen molar-refractivity contribution in [1.29, 1.82) is 0 Å². The van der Waals surface area contributed by atoms with Crippen molar-refractivity contribution >= 4 is 14.5 Å². The summed E-state index contributed by atoms with van der Waals surface area (Å²) in [4.78, 5) is 2.40. The Morgan fingerprint density at radius 3 is 2.50 bits per heavy atom. The van der Waals surface area contributed by atoms with E-state index in [2.05, 4.69) is 42.2 Å². The Kier molecular flexibility index (Phi) is 9.64. The van der Waals surface area contributed by atoms with Gasteiger partial charge in [-0.25, -0.2) is 0 Å². The standard InChI is InChI=1S/C20H35NO4Si/c1-4-7-14-21(19-12-9-8-10-13-19)17-20-18-22-15-11-16-26(25-20,23-5-2)24-6-3/h8-10,12-13,20H,4-7,11,14-18H2,1-3H3. The van der Waals surface area contributed by atoms with E-state index in [4.69, 9.17) is 18.0 Å². The number of hydrogen-bond acceptors (Lipinski definition) is 5. The molecule has 6 heteroatoms. The molecule has 1 heterocycles. The van der Waals surface area contributed by atoms with Gasteiger partial charge in [0.05, 0.1) is 12.7 Å². The lowest BCUT2D eigenvalue weighted by atomic mass is 10.2. The highest BCUT2D eigenvalue weighted by molar-refractivity contribution is 6.60. The molecule has 2 rings (SSSR count). The topological polar surface area (TPSA) is 40.2 Å². The van der Waals surface area contributed by atoms with E-state index in [1.54, 1.807) is 0 Å². The largest absolute Gasteiger partial charge is 0.501 e. The van der Waals surface area contributed by atoms with Crippen LogP contribution in [0.1, 0.15) is 40.0 Å². The molecule has 0 N–H and O–H groups in total. The van der Waals surface area contributed by atoms with E-state index < -0.39 is 8.80 Å². The fraction of sp³-hybridized carbons (Fsp3) is 0.700. The number of rotatable bonds is 10. The van der Waals surface area contributed by atoms with Gasteiger partial charge in [0.2, 0.25) is 0 Å². The predicted molar refractivity (Wildman–Crippen MR) is 108 cm³/mol. The van der Waals surface area contributed by atoms with E-state index in [1.165, 1.54) is 12.1 Å². The third kappa shape index (κ3) is 6.67. The molecule has 0 amide bonds. The van der Waals surface area contributed by atoms with Crippen LogP contribution in [0.3, 0.4) is 0 Å². The van der Waals surface area contributed by atoms with E-state index in [0.29, 0.717) is 19.8 Å². The minimum atomic E-state index is -2.63. The normalized spacial score (nSPS) is 20.3. The Bertz CT molecular complexity index is 482. The maximum Gasteiger partial charge on any atom is 0.501 e. The van der Waals surface area contributed by atoms with Crippen LogP contribution in [0.2, 0.25) is 6.04 Å². The third-order valence-electron chi connectivity index (χ3n) is 4.48. The number of unbranched alkanes of at least 4 members (excludes halogenated alkanes) is 1. The van der Waals surface area contributed by atoms with Gasteiger partial charge >= 0.3 is 8.80 Å². The Balaban J connectivity index is 2.12. The molecular formula is C20H35NO4Si.